The highest BCUT2D eigenvalue weighted by atomic mass is 32.1. The lowest BCUT2D eigenvalue weighted by Gasteiger charge is -2.38. The average molecular weight is 305 g/mol. The zero-order chi connectivity index (χ0) is 14.8. The van der Waals surface area contributed by atoms with Crippen molar-refractivity contribution in [2.24, 2.45) is 4.99 Å². The van der Waals surface area contributed by atoms with E-state index in [2.05, 4.69) is 23.7 Å². The van der Waals surface area contributed by atoms with Gasteiger partial charge in [-0.15, -0.1) is 11.3 Å². The maximum Gasteiger partial charge on any atom is 0.263 e. The molecule has 0 unspecified atom stereocenters. The fourth-order valence-corrected chi connectivity index (χ4v) is 4.53. The predicted octanol–water partition coefficient (Wildman–Crippen LogP) is 2.25. The Kier molecular flexibility index (Phi) is 2.72. The minimum absolute atomic E-state index is 0.0806. The van der Waals surface area contributed by atoms with Crippen molar-refractivity contribution in [3.8, 4) is 0 Å². The molecule has 0 fully saturated rings. The monoisotopic (exact) mass is 305 g/mol. The van der Waals surface area contributed by atoms with Crippen LogP contribution >= 0.6 is 11.3 Å². The first-order chi connectivity index (χ1) is 9.98. The van der Waals surface area contributed by atoms with Gasteiger partial charge in [0.25, 0.3) is 5.91 Å². The number of guanidine groups is 1. The number of carbonyl (C=O) groups is 1. The standard InChI is InChI=1S/C15H19N3O2S/c1-15(2)7-9-10(8-20-15)21-13-11(9)12(19)17(3)14-16-5-4-6-18(13)14/h4-8H2,1-3H3. The van der Waals surface area contributed by atoms with E-state index < -0.39 is 0 Å². The first-order valence-corrected chi connectivity index (χ1v) is 8.18. The number of thiophene rings is 1. The highest BCUT2D eigenvalue weighted by molar-refractivity contribution is 7.17. The predicted molar refractivity (Wildman–Crippen MR) is 83.2 cm³/mol. The minimum atomic E-state index is -0.197. The fraction of sp³-hybridized carbons (Fsp3) is 0.600. The summed E-state index contributed by atoms with van der Waals surface area (Å²) in [5.41, 5.74) is 1.87. The van der Waals surface area contributed by atoms with Crippen molar-refractivity contribution in [1.29, 1.82) is 0 Å². The Morgan fingerprint density at radius 3 is 3.00 bits per heavy atom. The van der Waals surface area contributed by atoms with Gasteiger partial charge in [-0.1, -0.05) is 0 Å². The van der Waals surface area contributed by atoms with Crippen LogP contribution < -0.4 is 4.90 Å². The van der Waals surface area contributed by atoms with Crippen LogP contribution in [0.5, 0.6) is 0 Å². The number of anilines is 1. The Hall–Kier alpha value is -1.40. The number of fused-ring (bicyclic) bond motifs is 5. The normalized spacial score (nSPS) is 23.4. The molecule has 4 heterocycles. The molecule has 0 radical (unpaired) electrons. The van der Waals surface area contributed by atoms with Crippen LogP contribution in [0.25, 0.3) is 0 Å². The Morgan fingerprint density at radius 1 is 1.38 bits per heavy atom. The number of aliphatic imine (C=N–C) groups is 1. The number of hydrogen-bond acceptors (Lipinski definition) is 5. The Labute approximate surface area is 128 Å². The van der Waals surface area contributed by atoms with Crippen molar-refractivity contribution in [1.82, 2.24) is 4.90 Å². The van der Waals surface area contributed by atoms with Gasteiger partial charge in [0.05, 0.1) is 17.8 Å². The van der Waals surface area contributed by atoms with Gasteiger partial charge in [-0.2, -0.15) is 0 Å². The number of carbonyl (C=O) groups excluding carboxylic acids is 1. The third-order valence-electron chi connectivity index (χ3n) is 4.37. The average Bonchev–Trinajstić information content (AvgIpc) is 2.82. The Morgan fingerprint density at radius 2 is 2.19 bits per heavy atom. The Balaban J connectivity index is 1.89. The summed E-state index contributed by atoms with van der Waals surface area (Å²) in [4.78, 5) is 22.5. The van der Waals surface area contributed by atoms with Gasteiger partial charge in [-0.05, 0) is 25.8 Å². The molecule has 5 nitrogen and oxygen atoms in total. The van der Waals surface area contributed by atoms with Crippen LogP contribution in [0.1, 0.15) is 41.1 Å². The van der Waals surface area contributed by atoms with Crippen LogP contribution in [0.2, 0.25) is 0 Å². The van der Waals surface area contributed by atoms with E-state index in [9.17, 15) is 4.79 Å². The van der Waals surface area contributed by atoms with Crippen molar-refractivity contribution in [3.05, 3.63) is 16.0 Å². The lowest BCUT2D eigenvalue weighted by Crippen LogP contribution is -2.52. The van der Waals surface area contributed by atoms with E-state index in [-0.39, 0.29) is 11.5 Å². The summed E-state index contributed by atoms with van der Waals surface area (Å²) in [6, 6.07) is 0. The molecule has 0 aliphatic carbocycles. The van der Waals surface area contributed by atoms with Gasteiger partial charge in [0, 0.05) is 31.4 Å². The van der Waals surface area contributed by atoms with E-state index in [1.807, 2.05) is 7.05 Å². The molecule has 6 heteroatoms. The summed E-state index contributed by atoms with van der Waals surface area (Å²) >= 11 is 1.70. The topological polar surface area (TPSA) is 45.1 Å². The van der Waals surface area contributed by atoms with E-state index in [1.54, 1.807) is 16.2 Å². The third-order valence-corrected chi connectivity index (χ3v) is 5.60. The molecule has 0 N–H and O–H groups in total. The van der Waals surface area contributed by atoms with Gasteiger partial charge < -0.3 is 9.64 Å². The lowest BCUT2D eigenvalue weighted by molar-refractivity contribution is -0.0384. The van der Waals surface area contributed by atoms with Crippen LogP contribution in [0.4, 0.5) is 5.00 Å². The maximum atomic E-state index is 12.8. The lowest BCUT2D eigenvalue weighted by atomic mass is 9.92. The van der Waals surface area contributed by atoms with Crippen LogP contribution in [-0.2, 0) is 17.8 Å². The van der Waals surface area contributed by atoms with Gasteiger partial charge in [0.15, 0.2) is 0 Å². The SMILES string of the molecule is CN1C(=O)c2c(sc3c2CC(C)(C)OC3)N2CCCN=C12. The number of ether oxygens (including phenoxy) is 1. The smallest absolute Gasteiger partial charge is 0.263 e. The highest BCUT2D eigenvalue weighted by Gasteiger charge is 2.41. The number of nitrogens with zero attached hydrogens (tertiary/aromatic N) is 3. The second kappa shape index (κ2) is 4.30. The van der Waals surface area contributed by atoms with Gasteiger partial charge in [-0.3, -0.25) is 14.7 Å². The van der Waals surface area contributed by atoms with Gasteiger partial charge in [0.1, 0.15) is 5.00 Å². The first-order valence-electron chi connectivity index (χ1n) is 7.36. The zero-order valence-electron chi connectivity index (χ0n) is 12.6. The molecule has 0 saturated heterocycles. The molecule has 1 aromatic rings. The third kappa shape index (κ3) is 1.85. The van der Waals surface area contributed by atoms with Crippen LogP contribution in [0.15, 0.2) is 4.99 Å². The highest BCUT2D eigenvalue weighted by Crippen LogP contribution is 2.45. The summed E-state index contributed by atoms with van der Waals surface area (Å²) in [5.74, 6) is 0.884. The van der Waals surface area contributed by atoms with Crippen molar-refractivity contribution in [2.75, 3.05) is 25.0 Å². The van der Waals surface area contributed by atoms with E-state index in [0.29, 0.717) is 6.61 Å². The number of amides is 1. The van der Waals surface area contributed by atoms with Gasteiger partial charge in [-0.25, -0.2) is 0 Å². The number of hydrogen-bond donors (Lipinski definition) is 0. The molecule has 0 spiro atoms. The molecule has 3 aliphatic rings. The zero-order valence-corrected chi connectivity index (χ0v) is 13.4. The summed E-state index contributed by atoms with van der Waals surface area (Å²) in [5, 5.41) is 1.07. The van der Waals surface area contributed by atoms with Crippen molar-refractivity contribution >= 4 is 28.2 Å². The van der Waals surface area contributed by atoms with Crippen LogP contribution in [-0.4, -0.2) is 42.5 Å². The van der Waals surface area contributed by atoms with Crippen LogP contribution in [0, 0.1) is 0 Å². The molecular formula is C15H19N3O2S. The molecular weight excluding hydrogens is 286 g/mol. The molecule has 1 aromatic heterocycles. The second-order valence-electron chi connectivity index (χ2n) is 6.46. The summed E-state index contributed by atoms with van der Waals surface area (Å²) in [6.07, 6.45) is 1.84. The number of rotatable bonds is 0. The summed E-state index contributed by atoms with van der Waals surface area (Å²) in [7, 11) is 1.83. The Bertz CT molecular complexity index is 662. The van der Waals surface area contributed by atoms with E-state index >= 15 is 0 Å². The summed E-state index contributed by atoms with van der Waals surface area (Å²) in [6.45, 7) is 6.53. The van der Waals surface area contributed by atoms with Crippen molar-refractivity contribution in [2.45, 2.75) is 38.9 Å². The molecule has 0 bridgehead atoms. The molecule has 4 rings (SSSR count). The first kappa shape index (κ1) is 13.3. The largest absolute Gasteiger partial charge is 0.370 e. The fourth-order valence-electron chi connectivity index (χ4n) is 3.28. The molecule has 3 aliphatic heterocycles. The van der Waals surface area contributed by atoms with E-state index in [0.717, 1.165) is 42.5 Å². The second-order valence-corrected chi connectivity index (χ2v) is 7.54. The van der Waals surface area contributed by atoms with Gasteiger partial charge >= 0.3 is 0 Å². The quantitative estimate of drug-likeness (QED) is 0.738. The van der Waals surface area contributed by atoms with E-state index in [4.69, 9.17) is 4.74 Å². The van der Waals surface area contributed by atoms with Gasteiger partial charge in [0.2, 0.25) is 5.96 Å². The molecule has 1 amide bonds. The molecule has 21 heavy (non-hydrogen) atoms. The molecule has 0 aromatic carbocycles. The summed E-state index contributed by atoms with van der Waals surface area (Å²) < 4.78 is 5.90. The van der Waals surface area contributed by atoms with E-state index in [1.165, 1.54) is 10.4 Å². The maximum absolute atomic E-state index is 12.8. The van der Waals surface area contributed by atoms with Crippen molar-refractivity contribution in [3.63, 3.8) is 0 Å². The molecule has 0 atom stereocenters. The minimum Gasteiger partial charge on any atom is -0.370 e. The van der Waals surface area contributed by atoms with Crippen molar-refractivity contribution < 1.29 is 9.53 Å². The molecule has 0 saturated carbocycles. The molecule has 112 valence electrons. The van der Waals surface area contributed by atoms with Crippen LogP contribution in [0.3, 0.4) is 0 Å².